The first-order chi connectivity index (χ1) is 9.97. The summed E-state index contributed by atoms with van der Waals surface area (Å²) in [7, 11) is 3.56. The van der Waals surface area contributed by atoms with Crippen molar-refractivity contribution in [1.29, 1.82) is 0 Å². The zero-order chi connectivity index (χ0) is 15.2. The minimum absolute atomic E-state index is 0.128. The maximum Gasteiger partial charge on any atom is 0.263 e. The van der Waals surface area contributed by atoms with Crippen LogP contribution in [0.25, 0.3) is 10.2 Å². The minimum Gasteiger partial charge on any atom is -0.397 e. The fraction of sp³-hybridized carbons (Fsp3) is 0.571. The largest absolute Gasteiger partial charge is 0.397 e. The highest BCUT2D eigenvalue weighted by Crippen LogP contribution is 2.36. The van der Waals surface area contributed by atoms with Crippen molar-refractivity contribution < 1.29 is 9.53 Å². The minimum atomic E-state index is -0.182. The van der Waals surface area contributed by atoms with E-state index in [9.17, 15) is 4.79 Å². The van der Waals surface area contributed by atoms with Gasteiger partial charge in [-0.25, -0.2) is 0 Å². The summed E-state index contributed by atoms with van der Waals surface area (Å²) in [5.41, 5.74) is 7.34. The van der Waals surface area contributed by atoms with Crippen LogP contribution >= 0.6 is 11.3 Å². The Morgan fingerprint density at radius 2 is 2.29 bits per heavy atom. The number of amides is 1. The van der Waals surface area contributed by atoms with Gasteiger partial charge in [0.1, 0.15) is 9.71 Å². The Bertz CT molecular complexity index is 694. The van der Waals surface area contributed by atoms with E-state index in [1.165, 1.54) is 11.3 Å². The average Bonchev–Trinajstić information content (AvgIpc) is 2.88. The topological polar surface area (TPSA) is 82.2 Å². The second-order valence-corrected chi connectivity index (χ2v) is 6.66. The number of aryl methyl sites for hydroxylation is 2. The number of nitrogens with two attached hydrogens (primary N) is 1. The number of ether oxygens (including phenoxy) is 1. The number of carbonyl (C=O) groups excluding carboxylic acids is 1. The molecular weight excluding hydrogens is 288 g/mol. The van der Waals surface area contributed by atoms with Gasteiger partial charge in [-0.15, -0.1) is 11.3 Å². The highest BCUT2D eigenvalue weighted by Gasteiger charge is 2.37. The first-order valence-corrected chi connectivity index (χ1v) is 7.84. The molecule has 0 spiro atoms. The van der Waals surface area contributed by atoms with E-state index in [2.05, 4.69) is 10.4 Å². The third-order valence-electron chi connectivity index (χ3n) is 4.36. The van der Waals surface area contributed by atoms with Crippen LogP contribution in [-0.2, 0) is 11.8 Å². The fourth-order valence-corrected chi connectivity index (χ4v) is 3.95. The van der Waals surface area contributed by atoms with Crippen molar-refractivity contribution >= 4 is 33.1 Å². The van der Waals surface area contributed by atoms with E-state index in [0.29, 0.717) is 17.1 Å². The summed E-state index contributed by atoms with van der Waals surface area (Å²) in [6.45, 7) is 2.44. The Balaban J connectivity index is 1.82. The van der Waals surface area contributed by atoms with Crippen molar-refractivity contribution in [3.63, 3.8) is 0 Å². The molecule has 0 radical (unpaired) electrons. The summed E-state index contributed by atoms with van der Waals surface area (Å²) < 4.78 is 7.28. The lowest BCUT2D eigenvalue weighted by atomic mass is 9.80. The molecule has 3 rings (SSSR count). The molecule has 0 aromatic carbocycles. The van der Waals surface area contributed by atoms with Gasteiger partial charge in [0.2, 0.25) is 0 Å². The van der Waals surface area contributed by atoms with Crippen LogP contribution in [0.4, 0.5) is 5.69 Å². The van der Waals surface area contributed by atoms with E-state index in [0.717, 1.165) is 35.2 Å². The Hall–Kier alpha value is -1.60. The SMILES string of the molecule is COC1(CNC(=O)c2sc3c(c(C)nn3C)c2N)CCC1. The summed E-state index contributed by atoms with van der Waals surface area (Å²) in [6, 6.07) is 0. The fourth-order valence-electron chi connectivity index (χ4n) is 2.84. The van der Waals surface area contributed by atoms with Crippen LogP contribution in [0.1, 0.15) is 34.6 Å². The number of hydrogen-bond donors (Lipinski definition) is 2. The summed E-state index contributed by atoms with van der Waals surface area (Å²) in [4.78, 5) is 13.9. The molecule has 0 bridgehead atoms. The normalized spacial score (nSPS) is 16.9. The van der Waals surface area contributed by atoms with Gasteiger partial charge in [-0.05, 0) is 26.2 Å². The second-order valence-electron chi connectivity index (χ2n) is 5.66. The maximum absolute atomic E-state index is 12.4. The molecule has 1 aliphatic carbocycles. The molecule has 2 heterocycles. The number of nitrogens with zero attached hydrogens (tertiary/aromatic N) is 2. The standard InChI is InChI=1S/C14H20N4O2S/c1-8-9-10(15)11(21-13(9)18(2)17-8)12(19)16-7-14(20-3)5-4-6-14/h4-7,15H2,1-3H3,(H,16,19). The third-order valence-corrected chi connectivity index (χ3v) is 5.63. The van der Waals surface area contributed by atoms with E-state index >= 15 is 0 Å². The number of methoxy groups -OCH3 is 1. The molecule has 1 fully saturated rings. The van der Waals surface area contributed by atoms with Gasteiger partial charge in [-0.2, -0.15) is 5.10 Å². The van der Waals surface area contributed by atoms with E-state index < -0.39 is 0 Å². The zero-order valence-electron chi connectivity index (χ0n) is 12.5. The lowest BCUT2D eigenvalue weighted by Gasteiger charge is -2.40. The van der Waals surface area contributed by atoms with Gasteiger partial charge in [0, 0.05) is 20.7 Å². The zero-order valence-corrected chi connectivity index (χ0v) is 13.3. The molecule has 1 saturated carbocycles. The third kappa shape index (κ3) is 2.20. The molecule has 0 aliphatic heterocycles. The molecule has 21 heavy (non-hydrogen) atoms. The van der Waals surface area contributed by atoms with E-state index in [-0.39, 0.29) is 11.5 Å². The van der Waals surface area contributed by atoms with Crippen LogP contribution in [0.3, 0.4) is 0 Å². The molecule has 0 atom stereocenters. The molecule has 6 nitrogen and oxygen atoms in total. The van der Waals surface area contributed by atoms with Crippen molar-refractivity contribution in [2.24, 2.45) is 7.05 Å². The Kier molecular flexibility index (Phi) is 3.41. The van der Waals surface area contributed by atoms with Gasteiger partial charge < -0.3 is 15.8 Å². The van der Waals surface area contributed by atoms with Gasteiger partial charge in [-0.3, -0.25) is 9.48 Å². The van der Waals surface area contributed by atoms with E-state index in [1.807, 2.05) is 14.0 Å². The highest BCUT2D eigenvalue weighted by molar-refractivity contribution is 7.21. The van der Waals surface area contributed by atoms with Crippen molar-refractivity contribution in [3.8, 4) is 0 Å². The van der Waals surface area contributed by atoms with Crippen LogP contribution in [-0.4, -0.2) is 34.9 Å². The van der Waals surface area contributed by atoms with Crippen molar-refractivity contribution in [2.45, 2.75) is 31.8 Å². The van der Waals surface area contributed by atoms with Gasteiger partial charge in [0.25, 0.3) is 5.91 Å². The van der Waals surface area contributed by atoms with E-state index in [4.69, 9.17) is 10.5 Å². The molecule has 2 aromatic rings. The smallest absolute Gasteiger partial charge is 0.263 e. The molecular formula is C14H20N4O2S. The van der Waals surface area contributed by atoms with Crippen LogP contribution in [0, 0.1) is 6.92 Å². The van der Waals surface area contributed by atoms with Crippen LogP contribution in [0.15, 0.2) is 0 Å². The molecule has 2 aromatic heterocycles. The predicted octanol–water partition coefficient (Wildman–Crippen LogP) is 1.82. The highest BCUT2D eigenvalue weighted by atomic mass is 32.1. The number of rotatable bonds is 4. The number of thiophene rings is 1. The number of anilines is 1. The summed E-state index contributed by atoms with van der Waals surface area (Å²) in [5, 5.41) is 8.17. The lowest BCUT2D eigenvalue weighted by Crippen LogP contribution is -2.49. The van der Waals surface area contributed by atoms with Gasteiger partial charge >= 0.3 is 0 Å². The van der Waals surface area contributed by atoms with Crippen LogP contribution < -0.4 is 11.1 Å². The number of nitrogens with one attached hydrogen (secondary N) is 1. The quantitative estimate of drug-likeness (QED) is 0.902. The Labute approximate surface area is 127 Å². The monoisotopic (exact) mass is 308 g/mol. The van der Waals surface area contributed by atoms with E-state index in [1.54, 1.807) is 11.8 Å². The first kappa shape index (κ1) is 14.3. The van der Waals surface area contributed by atoms with Crippen molar-refractivity contribution in [3.05, 3.63) is 10.6 Å². The van der Waals surface area contributed by atoms with Crippen molar-refractivity contribution in [2.75, 3.05) is 19.4 Å². The maximum atomic E-state index is 12.4. The molecule has 7 heteroatoms. The Morgan fingerprint density at radius 3 is 2.81 bits per heavy atom. The summed E-state index contributed by atoms with van der Waals surface area (Å²) >= 11 is 1.39. The molecule has 0 unspecified atom stereocenters. The Morgan fingerprint density at radius 1 is 1.57 bits per heavy atom. The molecule has 0 saturated heterocycles. The molecule has 1 amide bonds. The van der Waals surface area contributed by atoms with Crippen molar-refractivity contribution in [1.82, 2.24) is 15.1 Å². The van der Waals surface area contributed by atoms with Gasteiger partial charge in [0.15, 0.2) is 0 Å². The predicted molar refractivity (Wildman–Crippen MR) is 83.7 cm³/mol. The first-order valence-electron chi connectivity index (χ1n) is 7.02. The molecule has 1 aliphatic rings. The number of carbonyl (C=O) groups is 1. The second kappa shape index (κ2) is 4.99. The lowest BCUT2D eigenvalue weighted by molar-refractivity contribution is -0.0679. The summed E-state index contributed by atoms with van der Waals surface area (Å²) in [6.07, 6.45) is 3.14. The number of nitrogen functional groups attached to an aromatic ring is 1. The van der Waals surface area contributed by atoms with Gasteiger partial charge in [-0.1, -0.05) is 0 Å². The number of hydrogen-bond acceptors (Lipinski definition) is 5. The number of aromatic nitrogens is 2. The van der Waals surface area contributed by atoms with Crippen LogP contribution in [0.5, 0.6) is 0 Å². The number of fused-ring (bicyclic) bond motifs is 1. The van der Waals surface area contributed by atoms with Crippen LogP contribution in [0.2, 0.25) is 0 Å². The molecule has 3 N–H and O–H groups in total. The van der Waals surface area contributed by atoms with Gasteiger partial charge in [0.05, 0.1) is 22.4 Å². The molecule has 114 valence electrons. The summed E-state index contributed by atoms with van der Waals surface area (Å²) in [5.74, 6) is -0.128. The average molecular weight is 308 g/mol.